The number of rotatable bonds is 5. The molecule has 0 spiro atoms. The van der Waals surface area contributed by atoms with Crippen LogP contribution in [0.2, 0.25) is 0 Å². The summed E-state index contributed by atoms with van der Waals surface area (Å²) in [6, 6.07) is 33.5. The summed E-state index contributed by atoms with van der Waals surface area (Å²) in [6.45, 7) is 0. The third-order valence-corrected chi connectivity index (χ3v) is 6.79. The molecule has 3 heteroatoms. The van der Waals surface area contributed by atoms with Crippen molar-refractivity contribution in [2.45, 2.75) is 23.6 Å². The third kappa shape index (κ3) is 4.10. The van der Waals surface area contributed by atoms with E-state index in [-0.39, 0.29) is 0 Å². The van der Waals surface area contributed by atoms with Gasteiger partial charge in [-0.05, 0) is 46.7 Å². The number of allylic oxidation sites excluding steroid dienone is 1. The zero-order valence-electron chi connectivity index (χ0n) is 17.7. The van der Waals surface area contributed by atoms with E-state index in [4.69, 9.17) is 4.98 Å². The maximum atomic E-state index is 10.2. The Hall–Kier alpha value is -3.61. The molecule has 0 saturated heterocycles. The second kappa shape index (κ2) is 9.26. The number of benzene rings is 3. The standard InChI is InChI=1S/C29H22N2S/c30-19-26-27(23-14-8-3-9-15-23)25-17-16-24(18-21-10-4-1-5-11-21)28(25)31-29(26)32-20-22-12-6-2-7-13-22/h1-15,18H,16-17,20H2. The largest absolute Gasteiger partial charge is 0.240 e. The zero-order chi connectivity index (χ0) is 21.8. The van der Waals surface area contributed by atoms with Crippen molar-refractivity contribution in [2.24, 2.45) is 0 Å². The molecule has 0 atom stereocenters. The van der Waals surface area contributed by atoms with Gasteiger partial charge in [0.05, 0.1) is 11.3 Å². The fourth-order valence-electron chi connectivity index (χ4n) is 4.24. The molecule has 32 heavy (non-hydrogen) atoms. The molecule has 0 saturated carbocycles. The minimum absolute atomic E-state index is 0.692. The van der Waals surface area contributed by atoms with E-state index in [9.17, 15) is 5.26 Å². The molecule has 4 aromatic rings. The second-order valence-corrected chi connectivity index (χ2v) is 8.79. The fraction of sp³-hybridized carbons (Fsp3) is 0.103. The lowest BCUT2D eigenvalue weighted by atomic mass is 9.95. The molecule has 1 aliphatic rings. The summed E-state index contributed by atoms with van der Waals surface area (Å²) in [5, 5.41) is 11.0. The minimum Gasteiger partial charge on any atom is -0.240 e. The summed E-state index contributed by atoms with van der Waals surface area (Å²) in [5.41, 5.74) is 8.72. The molecule has 2 nitrogen and oxygen atoms in total. The normalized spacial score (nSPS) is 13.7. The van der Waals surface area contributed by atoms with Gasteiger partial charge in [0.25, 0.3) is 0 Å². The van der Waals surface area contributed by atoms with E-state index in [1.54, 1.807) is 11.8 Å². The van der Waals surface area contributed by atoms with Crippen LogP contribution in [0.5, 0.6) is 0 Å². The van der Waals surface area contributed by atoms with Crippen LogP contribution in [0, 0.1) is 11.3 Å². The Bertz CT molecular complexity index is 1300. The lowest BCUT2D eigenvalue weighted by Crippen LogP contribution is -2.00. The SMILES string of the molecule is N#Cc1c(SCc2ccccc2)nc2c(c1-c1ccccc1)CCC2=Cc1ccccc1. The van der Waals surface area contributed by atoms with E-state index < -0.39 is 0 Å². The number of aromatic nitrogens is 1. The van der Waals surface area contributed by atoms with Crippen molar-refractivity contribution in [1.29, 1.82) is 5.26 Å². The van der Waals surface area contributed by atoms with E-state index in [2.05, 4.69) is 60.7 Å². The van der Waals surface area contributed by atoms with Crippen molar-refractivity contribution in [1.82, 2.24) is 4.98 Å². The molecule has 0 radical (unpaired) electrons. The molecule has 0 amide bonds. The van der Waals surface area contributed by atoms with Gasteiger partial charge in [0.1, 0.15) is 11.1 Å². The molecule has 3 aromatic carbocycles. The van der Waals surface area contributed by atoms with Crippen LogP contribution in [0.25, 0.3) is 22.8 Å². The maximum Gasteiger partial charge on any atom is 0.115 e. The Morgan fingerprint density at radius 2 is 1.50 bits per heavy atom. The number of thioether (sulfide) groups is 1. The predicted octanol–water partition coefficient (Wildman–Crippen LogP) is 7.40. The van der Waals surface area contributed by atoms with Crippen molar-refractivity contribution in [3.8, 4) is 17.2 Å². The van der Waals surface area contributed by atoms with Crippen molar-refractivity contribution in [3.05, 3.63) is 119 Å². The van der Waals surface area contributed by atoms with Gasteiger partial charge in [-0.25, -0.2) is 4.98 Å². The van der Waals surface area contributed by atoms with Crippen LogP contribution in [-0.4, -0.2) is 4.98 Å². The van der Waals surface area contributed by atoms with Gasteiger partial charge in [-0.3, -0.25) is 0 Å². The quantitative estimate of drug-likeness (QED) is 0.310. The summed E-state index contributed by atoms with van der Waals surface area (Å²) < 4.78 is 0. The molecular formula is C29H22N2S. The lowest BCUT2D eigenvalue weighted by molar-refractivity contribution is 1.05. The Balaban J connectivity index is 1.65. The molecule has 0 unspecified atom stereocenters. The van der Waals surface area contributed by atoms with E-state index in [1.165, 1.54) is 22.3 Å². The topological polar surface area (TPSA) is 36.7 Å². The van der Waals surface area contributed by atoms with Gasteiger partial charge in [0.15, 0.2) is 0 Å². The van der Waals surface area contributed by atoms with Crippen LogP contribution in [0.15, 0.2) is 96.0 Å². The van der Waals surface area contributed by atoms with E-state index in [0.29, 0.717) is 5.56 Å². The number of hydrogen-bond acceptors (Lipinski definition) is 3. The highest BCUT2D eigenvalue weighted by Gasteiger charge is 2.27. The molecule has 0 bridgehead atoms. The van der Waals surface area contributed by atoms with Gasteiger partial charge in [-0.1, -0.05) is 91.0 Å². The zero-order valence-corrected chi connectivity index (χ0v) is 18.5. The molecule has 1 heterocycles. The smallest absolute Gasteiger partial charge is 0.115 e. The Labute approximate surface area is 193 Å². The molecule has 1 aliphatic carbocycles. The number of pyridine rings is 1. The predicted molar refractivity (Wildman–Crippen MR) is 133 cm³/mol. The van der Waals surface area contributed by atoms with Crippen LogP contribution in [0.4, 0.5) is 0 Å². The number of nitrogens with zero attached hydrogens (tertiary/aromatic N) is 2. The molecule has 5 rings (SSSR count). The highest BCUT2D eigenvalue weighted by molar-refractivity contribution is 7.98. The van der Waals surface area contributed by atoms with Gasteiger partial charge >= 0.3 is 0 Å². The van der Waals surface area contributed by atoms with Crippen LogP contribution < -0.4 is 0 Å². The van der Waals surface area contributed by atoms with E-state index in [1.807, 2.05) is 42.5 Å². The van der Waals surface area contributed by atoms with Gasteiger partial charge in [-0.2, -0.15) is 5.26 Å². The first-order chi connectivity index (χ1) is 15.8. The van der Waals surface area contributed by atoms with Crippen LogP contribution in [0.3, 0.4) is 0 Å². The van der Waals surface area contributed by atoms with Crippen molar-refractivity contribution in [3.63, 3.8) is 0 Å². The maximum absolute atomic E-state index is 10.2. The number of hydrogen-bond donors (Lipinski definition) is 0. The molecule has 154 valence electrons. The number of nitriles is 1. The Morgan fingerprint density at radius 3 is 2.19 bits per heavy atom. The molecule has 0 N–H and O–H groups in total. The molecule has 0 aliphatic heterocycles. The van der Waals surface area contributed by atoms with Gasteiger partial charge in [-0.15, -0.1) is 11.8 Å². The highest BCUT2D eigenvalue weighted by Crippen LogP contribution is 2.43. The number of fused-ring (bicyclic) bond motifs is 1. The average molecular weight is 431 g/mol. The van der Waals surface area contributed by atoms with Crippen molar-refractivity contribution in [2.75, 3.05) is 0 Å². The summed E-state index contributed by atoms with van der Waals surface area (Å²) in [7, 11) is 0. The molecule has 0 fully saturated rings. The summed E-state index contributed by atoms with van der Waals surface area (Å²) >= 11 is 1.65. The Kier molecular flexibility index (Phi) is 5.87. The molecular weight excluding hydrogens is 408 g/mol. The van der Waals surface area contributed by atoms with E-state index >= 15 is 0 Å². The Morgan fingerprint density at radius 1 is 0.844 bits per heavy atom. The summed E-state index contributed by atoms with van der Waals surface area (Å²) in [4.78, 5) is 5.08. The monoisotopic (exact) mass is 430 g/mol. The van der Waals surface area contributed by atoms with Crippen molar-refractivity contribution >= 4 is 23.4 Å². The van der Waals surface area contributed by atoms with Crippen molar-refractivity contribution < 1.29 is 0 Å². The minimum atomic E-state index is 0.692. The van der Waals surface area contributed by atoms with Crippen LogP contribution >= 0.6 is 11.8 Å². The first kappa shape index (κ1) is 20.3. The van der Waals surface area contributed by atoms with Crippen LogP contribution in [-0.2, 0) is 12.2 Å². The first-order valence-corrected chi connectivity index (χ1v) is 11.8. The van der Waals surface area contributed by atoms with E-state index in [0.717, 1.165) is 40.4 Å². The summed E-state index contributed by atoms with van der Waals surface area (Å²) in [5.74, 6) is 0.785. The van der Waals surface area contributed by atoms with Gasteiger partial charge < -0.3 is 0 Å². The van der Waals surface area contributed by atoms with Gasteiger partial charge in [0, 0.05) is 11.3 Å². The fourth-order valence-corrected chi connectivity index (χ4v) is 5.18. The average Bonchev–Trinajstić information content (AvgIpc) is 3.25. The van der Waals surface area contributed by atoms with Gasteiger partial charge in [0.2, 0.25) is 0 Å². The lowest BCUT2D eigenvalue weighted by Gasteiger charge is -2.15. The van der Waals surface area contributed by atoms with Crippen LogP contribution in [0.1, 0.15) is 34.4 Å². The molecule has 1 aromatic heterocycles. The highest BCUT2D eigenvalue weighted by atomic mass is 32.2. The second-order valence-electron chi connectivity index (χ2n) is 7.83. The first-order valence-electron chi connectivity index (χ1n) is 10.8. The summed E-state index contributed by atoms with van der Waals surface area (Å²) in [6.07, 6.45) is 4.09. The third-order valence-electron chi connectivity index (χ3n) is 5.75.